The number of unbranched alkanes of at least 4 members (excludes halogenated alkanes) is 4. The zero-order chi connectivity index (χ0) is 14.6. The maximum atomic E-state index is 5.17. The number of methoxy groups -OCH3 is 2. The summed E-state index contributed by atoms with van der Waals surface area (Å²) in [7, 11) is 2.85. The van der Waals surface area contributed by atoms with Crippen LogP contribution in [-0.4, -0.2) is 46.7 Å². The van der Waals surface area contributed by atoms with E-state index in [4.69, 9.17) is 9.47 Å². The molecule has 0 aliphatic heterocycles. The fourth-order valence-electron chi connectivity index (χ4n) is 2.00. The highest BCUT2D eigenvalue weighted by molar-refractivity contribution is 7.73. The molecule has 0 amide bonds. The van der Waals surface area contributed by atoms with Crippen molar-refractivity contribution in [2.75, 3.05) is 40.4 Å². The van der Waals surface area contributed by atoms with Crippen molar-refractivity contribution in [2.45, 2.75) is 51.2 Å². The third kappa shape index (κ3) is 14.3. The highest BCUT2D eigenvalue weighted by Gasteiger charge is 2.14. The van der Waals surface area contributed by atoms with Crippen molar-refractivity contribution in [1.29, 1.82) is 0 Å². The van der Waals surface area contributed by atoms with Crippen LogP contribution in [0.3, 0.4) is 0 Å². The molecule has 0 N–H and O–H groups in total. The van der Waals surface area contributed by atoms with E-state index in [0.29, 0.717) is 0 Å². The van der Waals surface area contributed by atoms with Crippen LogP contribution in [0.25, 0.3) is 0 Å². The van der Waals surface area contributed by atoms with E-state index in [2.05, 4.69) is 32.1 Å². The second-order valence-electron chi connectivity index (χ2n) is 6.17. The number of rotatable bonds is 12. The van der Waals surface area contributed by atoms with Crippen LogP contribution in [0.1, 0.15) is 44.9 Å². The van der Waals surface area contributed by atoms with Gasteiger partial charge in [-0.25, -0.2) is 0 Å². The van der Waals surface area contributed by atoms with Gasteiger partial charge < -0.3 is 9.47 Å². The van der Waals surface area contributed by atoms with Crippen LogP contribution in [0.4, 0.5) is 0 Å². The zero-order valence-electron chi connectivity index (χ0n) is 13.7. The van der Waals surface area contributed by atoms with Gasteiger partial charge in [-0.05, 0) is 38.5 Å². The predicted octanol–water partition coefficient (Wildman–Crippen LogP) is 4.80. The minimum atomic E-state index is -0.559. The summed E-state index contributed by atoms with van der Waals surface area (Å²) in [5.41, 5.74) is 0. The molecule has 2 nitrogen and oxygen atoms in total. The second-order valence-corrected chi connectivity index (χ2v) is 11.2. The summed E-state index contributed by atoms with van der Waals surface area (Å²) < 4.78 is 10.3. The molecule has 0 fully saturated rings. The first-order chi connectivity index (χ1) is 8.99. The van der Waals surface area contributed by atoms with Crippen molar-refractivity contribution in [1.82, 2.24) is 0 Å². The van der Waals surface area contributed by atoms with Crippen LogP contribution in [-0.2, 0) is 9.47 Å². The first-order valence-corrected chi connectivity index (χ1v) is 10.8. The normalized spacial score (nSPS) is 12.7. The lowest BCUT2D eigenvalue weighted by Crippen LogP contribution is -2.12. The number of allylic oxidation sites excluding steroid dienone is 2. The van der Waals surface area contributed by atoms with Gasteiger partial charge in [0, 0.05) is 41.5 Å². The van der Waals surface area contributed by atoms with Gasteiger partial charge in [-0.2, -0.15) is 0 Å². The van der Waals surface area contributed by atoms with Crippen LogP contribution in [0.15, 0.2) is 12.2 Å². The van der Waals surface area contributed by atoms with Gasteiger partial charge in [0.1, 0.15) is 0 Å². The molecule has 0 unspecified atom stereocenters. The smallest absolute Gasteiger partial charge is 0.156 e. The van der Waals surface area contributed by atoms with Crippen LogP contribution in [0.5, 0.6) is 0 Å². The molecule has 0 saturated heterocycles. The Kier molecular flexibility index (Phi) is 11.9. The Morgan fingerprint density at radius 2 is 1.42 bits per heavy atom. The van der Waals surface area contributed by atoms with Crippen LogP contribution < -0.4 is 0 Å². The fraction of sp³-hybridized carbons (Fsp3) is 0.875. The van der Waals surface area contributed by atoms with Crippen LogP contribution >= 0.6 is 7.26 Å². The molecule has 0 aromatic heterocycles. The van der Waals surface area contributed by atoms with E-state index in [1.807, 2.05) is 0 Å². The van der Waals surface area contributed by atoms with E-state index in [-0.39, 0.29) is 6.29 Å². The lowest BCUT2D eigenvalue weighted by atomic mass is 10.1. The minimum absolute atomic E-state index is 0.0173. The monoisotopic (exact) mass is 289 g/mol. The van der Waals surface area contributed by atoms with E-state index < -0.39 is 7.26 Å². The standard InChI is InChI=1S/C16H34O2P/c1-17-16(18-2)14-12-10-8-6-7-9-11-13-15-19(3,4)5/h7,9,16H,6,8,10-15H2,1-5H3/q+1/b9-7-. The first kappa shape index (κ1) is 19.1. The lowest BCUT2D eigenvalue weighted by molar-refractivity contribution is -0.107. The Balaban J connectivity index is 3.30. The molecule has 0 aliphatic rings. The van der Waals surface area contributed by atoms with Gasteiger partial charge in [0.05, 0.1) is 6.16 Å². The molecular weight excluding hydrogens is 255 g/mol. The molecule has 0 heterocycles. The predicted molar refractivity (Wildman–Crippen MR) is 88.8 cm³/mol. The van der Waals surface area contributed by atoms with Gasteiger partial charge in [-0.3, -0.25) is 0 Å². The molecule has 0 aromatic rings. The van der Waals surface area contributed by atoms with Crippen molar-refractivity contribution in [3.8, 4) is 0 Å². The van der Waals surface area contributed by atoms with Crippen LogP contribution in [0, 0.1) is 0 Å². The van der Waals surface area contributed by atoms with E-state index in [1.54, 1.807) is 14.2 Å². The van der Waals surface area contributed by atoms with Crippen molar-refractivity contribution in [3.63, 3.8) is 0 Å². The second kappa shape index (κ2) is 11.9. The number of hydrogen-bond donors (Lipinski definition) is 0. The molecule has 0 aromatic carbocycles. The Bertz CT molecular complexity index is 217. The first-order valence-electron chi connectivity index (χ1n) is 7.50. The van der Waals surface area contributed by atoms with Crippen LogP contribution in [0.2, 0.25) is 0 Å². The molecular formula is C16H34O2P+. The molecule has 0 bridgehead atoms. The highest BCUT2D eigenvalue weighted by Crippen LogP contribution is 2.47. The van der Waals surface area contributed by atoms with Gasteiger partial charge in [0.25, 0.3) is 0 Å². The van der Waals surface area contributed by atoms with Crippen molar-refractivity contribution in [2.24, 2.45) is 0 Å². The summed E-state index contributed by atoms with van der Waals surface area (Å²) in [6.07, 6.45) is 14.7. The molecule has 0 radical (unpaired) electrons. The molecule has 0 spiro atoms. The number of hydrogen-bond acceptors (Lipinski definition) is 2. The summed E-state index contributed by atoms with van der Waals surface area (Å²) in [6, 6.07) is 0. The molecule has 0 atom stereocenters. The molecule has 0 rings (SSSR count). The van der Waals surface area contributed by atoms with Gasteiger partial charge in [0.2, 0.25) is 0 Å². The van der Waals surface area contributed by atoms with Gasteiger partial charge in [0.15, 0.2) is 6.29 Å². The molecule has 0 saturated carbocycles. The Hall–Kier alpha value is 0.0900. The summed E-state index contributed by atoms with van der Waals surface area (Å²) in [6.45, 7) is 7.26. The van der Waals surface area contributed by atoms with Gasteiger partial charge in [-0.15, -0.1) is 0 Å². The summed E-state index contributed by atoms with van der Waals surface area (Å²) in [5, 5.41) is 0. The average molecular weight is 289 g/mol. The zero-order valence-corrected chi connectivity index (χ0v) is 14.5. The maximum Gasteiger partial charge on any atom is 0.156 e. The maximum absolute atomic E-state index is 5.17. The van der Waals surface area contributed by atoms with E-state index >= 15 is 0 Å². The van der Waals surface area contributed by atoms with Crippen molar-refractivity contribution in [3.05, 3.63) is 12.2 Å². The van der Waals surface area contributed by atoms with Gasteiger partial charge >= 0.3 is 0 Å². The Morgan fingerprint density at radius 1 is 0.842 bits per heavy atom. The third-order valence-corrected chi connectivity index (χ3v) is 4.86. The molecule has 3 heteroatoms. The molecule has 114 valence electrons. The topological polar surface area (TPSA) is 18.5 Å². The summed E-state index contributed by atoms with van der Waals surface area (Å²) in [4.78, 5) is 0. The quantitative estimate of drug-likeness (QED) is 0.222. The summed E-state index contributed by atoms with van der Waals surface area (Å²) >= 11 is 0. The van der Waals surface area contributed by atoms with E-state index in [1.165, 1.54) is 44.7 Å². The third-order valence-electron chi connectivity index (χ3n) is 3.20. The van der Waals surface area contributed by atoms with Crippen molar-refractivity contribution >= 4 is 7.26 Å². The minimum Gasteiger partial charge on any atom is -0.356 e. The average Bonchev–Trinajstić information content (AvgIpc) is 2.35. The molecule has 19 heavy (non-hydrogen) atoms. The summed E-state index contributed by atoms with van der Waals surface area (Å²) in [5.74, 6) is 0. The Labute approximate surface area is 121 Å². The fourth-order valence-corrected chi connectivity index (χ4v) is 3.13. The Morgan fingerprint density at radius 3 is 1.95 bits per heavy atom. The van der Waals surface area contributed by atoms with Crippen molar-refractivity contribution < 1.29 is 9.47 Å². The SMILES string of the molecule is COC(CCCCC/C=C\CCC[P+](C)(C)C)OC. The van der Waals surface area contributed by atoms with E-state index in [9.17, 15) is 0 Å². The molecule has 0 aliphatic carbocycles. The lowest BCUT2D eigenvalue weighted by Gasteiger charge is -2.12. The largest absolute Gasteiger partial charge is 0.356 e. The van der Waals surface area contributed by atoms with Gasteiger partial charge in [-0.1, -0.05) is 18.6 Å². The highest BCUT2D eigenvalue weighted by atomic mass is 31.2. The van der Waals surface area contributed by atoms with E-state index in [0.717, 1.165) is 6.42 Å². The number of ether oxygens (including phenoxy) is 2.